The number of hydrogen-bond acceptors (Lipinski definition) is 1. The summed E-state index contributed by atoms with van der Waals surface area (Å²) in [6, 6.07) is 0. The van der Waals surface area contributed by atoms with E-state index in [-0.39, 0.29) is 0 Å². The Balaban J connectivity index is 2.55. The van der Waals surface area contributed by atoms with E-state index in [1.54, 1.807) is 0 Å². The third kappa shape index (κ3) is 2.86. The first-order valence-electron chi connectivity index (χ1n) is 5.38. The lowest BCUT2D eigenvalue weighted by Crippen LogP contribution is -2.25. The highest BCUT2D eigenvalue weighted by Gasteiger charge is 2.29. The third-order valence-electron chi connectivity index (χ3n) is 3.50. The van der Waals surface area contributed by atoms with E-state index >= 15 is 0 Å². The van der Waals surface area contributed by atoms with Crippen LogP contribution in [0.15, 0.2) is 12.2 Å². The largest absolute Gasteiger partial charge is 0.481 e. The maximum atomic E-state index is 10.7. The number of carboxylic acid groups (broad SMARTS) is 1. The molecule has 3 unspecified atom stereocenters. The average Bonchev–Trinajstić information content (AvgIpc) is 2.07. The van der Waals surface area contributed by atoms with Crippen molar-refractivity contribution >= 4 is 5.97 Å². The normalized spacial score (nSPS) is 32.6. The molecule has 0 aromatic rings. The number of allylic oxidation sites excluding steroid dienone is 1. The fourth-order valence-corrected chi connectivity index (χ4v) is 2.37. The third-order valence-corrected chi connectivity index (χ3v) is 3.50. The Bertz CT molecular complexity index is 232. The van der Waals surface area contributed by atoms with E-state index in [0.29, 0.717) is 24.2 Å². The maximum Gasteiger partial charge on any atom is 0.303 e. The maximum absolute atomic E-state index is 10.7. The molecule has 0 bridgehead atoms. The van der Waals surface area contributed by atoms with Crippen LogP contribution in [0.3, 0.4) is 0 Å². The second-order valence-electron chi connectivity index (χ2n) is 4.69. The van der Waals surface area contributed by atoms with Gasteiger partial charge < -0.3 is 5.11 Å². The predicted octanol–water partition coefficient (Wildman–Crippen LogP) is 3.09. The topological polar surface area (TPSA) is 37.3 Å². The summed E-state index contributed by atoms with van der Waals surface area (Å²) in [5, 5.41) is 8.79. The van der Waals surface area contributed by atoms with E-state index < -0.39 is 5.97 Å². The molecule has 3 atom stereocenters. The van der Waals surface area contributed by atoms with E-state index in [0.717, 1.165) is 12.8 Å². The van der Waals surface area contributed by atoms with Crippen LogP contribution in [0.25, 0.3) is 0 Å². The second kappa shape index (κ2) is 4.63. The average molecular weight is 196 g/mol. The van der Waals surface area contributed by atoms with E-state index in [9.17, 15) is 4.79 Å². The number of carboxylic acids is 1. The fourth-order valence-electron chi connectivity index (χ4n) is 2.37. The summed E-state index contributed by atoms with van der Waals surface area (Å²) >= 11 is 0. The Labute approximate surface area is 86.0 Å². The first-order chi connectivity index (χ1) is 6.50. The van der Waals surface area contributed by atoms with Gasteiger partial charge in [-0.3, -0.25) is 4.79 Å². The number of rotatable bonds is 3. The van der Waals surface area contributed by atoms with Gasteiger partial charge in [0.1, 0.15) is 0 Å². The van der Waals surface area contributed by atoms with Crippen LogP contribution in [0.5, 0.6) is 0 Å². The van der Waals surface area contributed by atoms with Crippen molar-refractivity contribution in [3.05, 3.63) is 12.2 Å². The molecule has 1 saturated carbocycles. The van der Waals surface area contributed by atoms with Crippen molar-refractivity contribution < 1.29 is 9.90 Å². The van der Waals surface area contributed by atoms with Crippen molar-refractivity contribution in [3.63, 3.8) is 0 Å². The molecular formula is C12H20O2. The first-order valence-corrected chi connectivity index (χ1v) is 5.38. The van der Waals surface area contributed by atoms with Crippen LogP contribution in [0, 0.1) is 17.8 Å². The van der Waals surface area contributed by atoms with Crippen molar-refractivity contribution in [1.29, 1.82) is 0 Å². The first kappa shape index (κ1) is 11.3. The van der Waals surface area contributed by atoms with E-state index in [1.165, 1.54) is 12.0 Å². The highest BCUT2D eigenvalue weighted by molar-refractivity contribution is 5.67. The minimum Gasteiger partial charge on any atom is -0.481 e. The SMILES string of the molecule is C=C(C)C1CCC(C)C(CC(=O)O)C1. The second-order valence-corrected chi connectivity index (χ2v) is 4.69. The van der Waals surface area contributed by atoms with Crippen molar-refractivity contribution in [3.8, 4) is 0 Å². The molecule has 1 N–H and O–H groups in total. The Morgan fingerprint density at radius 3 is 2.64 bits per heavy atom. The summed E-state index contributed by atoms with van der Waals surface area (Å²) in [6.07, 6.45) is 3.68. The molecule has 0 aromatic carbocycles. The van der Waals surface area contributed by atoms with Gasteiger partial charge in [-0.2, -0.15) is 0 Å². The van der Waals surface area contributed by atoms with E-state index in [4.69, 9.17) is 5.11 Å². The summed E-state index contributed by atoms with van der Waals surface area (Å²) in [4.78, 5) is 10.7. The van der Waals surface area contributed by atoms with E-state index in [2.05, 4.69) is 20.4 Å². The Kier molecular flexibility index (Phi) is 3.73. The number of hydrogen-bond donors (Lipinski definition) is 1. The summed E-state index contributed by atoms with van der Waals surface area (Å²) in [7, 11) is 0. The zero-order chi connectivity index (χ0) is 10.7. The van der Waals surface area contributed by atoms with Gasteiger partial charge in [0.25, 0.3) is 0 Å². The van der Waals surface area contributed by atoms with Gasteiger partial charge in [-0.1, -0.05) is 19.1 Å². The minimum atomic E-state index is -0.663. The smallest absolute Gasteiger partial charge is 0.303 e. The molecular weight excluding hydrogens is 176 g/mol. The molecule has 0 amide bonds. The molecule has 1 rings (SSSR count). The zero-order valence-electron chi connectivity index (χ0n) is 9.12. The molecule has 2 heteroatoms. The van der Waals surface area contributed by atoms with Crippen LogP contribution in [0.4, 0.5) is 0 Å². The van der Waals surface area contributed by atoms with Gasteiger partial charge in [0.2, 0.25) is 0 Å². The van der Waals surface area contributed by atoms with Gasteiger partial charge >= 0.3 is 5.97 Å². The lowest BCUT2D eigenvalue weighted by molar-refractivity contribution is -0.138. The molecule has 0 radical (unpaired) electrons. The van der Waals surface area contributed by atoms with Crippen LogP contribution < -0.4 is 0 Å². The molecule has 2 nitrogen and oxygen atoms in total. The summed E-state index contributed by atoms with van der Waals surface area (Å²) in [6.45, 7) is 8.19. The molecule has 80 valence electrons. The minimum absolute atomic E-state index is 0.324. The predicted molar refractivity (Wildman–Crippen MR) is 57.1 cm³/mol. The highest BCUT2D eigenvalue weighted by atomic mass is 16.4. The lowest BCUT2D eigenvalue weighted by Gasteiger charge is -2.33. The van der Waals surface area contributed by atoms with Crippen LogP contribution in [0.2, 0.25) is 0 Å². The standard InChI is InChI=1S/C12H20O2/c1-8(2)10-5-4-9(3)11(6-10)7-12(13)14/h9-11H,1,4-7H2,2-3H3,(H,13,14). The van der Waals surface area contributed by atoms with Gasteiger partial charge in [0.15, 0.2) is 0 Å². The van der Waals surface area contributed by atoms with Crippen LogP contribution in [-0.2, 0) is 4.79 Å². The van der Waals surface area contributed by atoms with Crippen molar-refractivity contribution in [2.24, 2.45) is 17.8 Å². The molecule has 14 heavy (non-hydrogen) atoms. The van der Waals surface area contributed by atoms with Crippen LogP contribution in [0.1, 0.15) is 39.5 Å². The summed E-state index contributed by atoms with van der Waals surface area (Å²) < 4.78 is 0. The highest BCUT2D eigenvalue weighted by Crippen LogP contribution is 2.38. The Morgan fingerprint density at radius 1 is 1.50 bits per heavy atom. The molecule has 1 aliphatic rings. The van der Waals surface area contributed by atoms with Crippen molar-refractivity contribution in [2.45, 2.75) is 39.5 Å². The Hall–Kier alpha value is -0.790. The Morgan fingerprint density at radius 2 is 2.14 bits per heavy atom. The quantitative estimate of drug-likeness (QED) is 0.704. The zero-order valence-corrected chi connectivity index (χ0v) is 9.12. The molecule has 1 aliphatic carbocycles. The van der Waals surface area contributed by atoms with Crippen LogP contribution in [-0.4, -0.2) is 11.1 Å². The van der Waals surface area contributed by atoms with Gasteiger partial charge in [-0.05, 0) is 43.9 Å². The van der Waals surface area contributed by atoms with Gasteiger partial charge in [0, 0.05) is 6.42 Å². The van der Waals surface area contributed by atoms with Crippen molar-refractivity contribution in [2.75, 3.05) is 0 Å². The number of carbonyl (C=O) groups is 1. The molecule has 0 heterocycles. The van der Waals surface area contributed by atoms with Crippen molar-refractivity contribution in [1.82, 2.24) is 0 Å². The molecule has 0 spiro atoms. The van der Waals surface area contributed by atoms with Gasteiger partial charge in [-0.15, -0.1) is 0 Å². The van der Waals surface area contributed by atoms with Crippen LogP contribution >= 0.6 is 0 Å². The van der Waals surface area contributed by atoms with E-state index in [1.807, 2.05) is 0 Å². The monoisotopic (exact) mass is 196 g/mol. The fraction of sp³-hybridized carbons (Fsp3) is 0.750. The van der Waals surface area contributed by atoms with Gasteiger partial charge in [0.05, 0.1) is 0 Å². The molecule has 0 saturated heterocycles. The molecule has 0 aliphatic heterocycles. The number of aliphatic carboxylic acids is 1. The van der Waals surface area contributed by atoms with Gasteiger partial charge in [-0.25, -0.2) is 0 Å². The molecule has 0 aromatic heterocycles. The lowest BCUT2D eigenvalue weighted by atomic mass is 9.72. The summed E-state index contributed by atoms with van der Waals surface area (Å²) in [5.74, 6) is 0.796. The summed E-state index contributed by atoms with van der Waals surface area (Å²) in [5.41, 5.74) is 1.22. The molecule has 1 fully saturated rings.